The van der Waals surface area contributed by atoms with E-state index in [-0.39, 0.29) is 6.03 Å². The molecule has 0 aromatic heterocycles. The maximum Gasteiger partial charge on any atom is 0.323 e. The molecule has 0 fully saturated rings. The monoisotopic (exact) mass is 277 g/mol. The smallest absolute Gasteiger partial charge is 0.314 e. The molecule has 104 valence electrons. The lowest BCUT2D eigenvalue weighted by atomic mass is 10.1. The lowest BCUT2D eigenvalue weighted by molar-refractivity contribution is 0.255. The SMILES string of the molecule is Cc1ccccc1/C=C/NC(=O)Nc1ccccc1C#N. The predicted molar refractivity (Wildman–Crippen MR) is 83.5 cm³/mol. The van der Waals surface area contributed by atoms with Crippen LogP contribution in [0, 0.1) is 18.3 Å². The third-order valence-electron chi connectivity index (χ3n) is 2.96. The van der Waals surface area contributed by atoms with Crippen LogP contribution < -0.4 is 10.6 Å². The van der Waals surface area contributed by atoms with Gasteiger partial charge in [-0.3, -0.25) is 0 Å². The molecule has 4 heteroatoms. The van der Waals surface area contributed by atoms with Crippen molar-refractivity contribution >= 4 is 17.8 Å². The normalized spacial score (nSPS) is 10.1. The van der Waals surface area contributed by atoms with Gasteiger partial charge >= 0.3 is 6.03 Å². The molecule has 21 heavy (non-hydrogen) atoms. The minimum absolute atomic E-state index is 0.387. The summed E-state index contributed by atoms with van der Waals surface area (Å²) in [6, 6.07) is 16.4. The Kier molecular flexibility index (Phi) is 4.73. The predicted octanol–water partition coefficient (Wildman–Crippen LogP) is 3.66. The van der Waals surface area contributed by atoms with Crippen molar-refractivity contribution in [3.63, 3.8) is 0 Å². The number of para-hydroxylation sites is 1. The molecule has 2 aromatic carbocycles. The number of nitrogens with one attached hydrogen (secondary N) is 2. The fourth-order valence-electron chi connectivity index (χ4n) is 1.83. The molecular weight excluding hydrogens is 262 g/mol. The van der Waals surface area contributed by atoms with E-state index in [2.05, 4.69) is 10.6 Å². The third kappa shape index (κ3) is 3.95. The van der Waals surface area contributed by atoms with Gasteiger partial charge in [0.1, 0.15) is 6.07 Å². The Hall–Kier alpha value is -3.06. The van der Waals surface area contributed by atoms with Crippen molar-refractivity contribution < 1.29 is 4.79 Å². The van der Waals surface area contributed by atoms with E-state index in [1.807, 2.05) is 43.3 Å². The second-order valence-corrected chi connectivity index (χ2v) is 4.45. The van der Waals surface area contributed by atoms with Crippen molar-refractivity contribution in [1.29, 1.82) is 5.26 Å². The first kappa shape index (κ1) is 14.4. The van der Waals surface area contributed by atoms with Crippen molar-refractivity contribution in [3.05, 3.63) is 71.4 Å². The average molecular weight is 277 g/mol. The van der Waals surface area contributed by atoms with Gasteiger partial charge in [-0.15, -0.1) is 0 Å². The molecule has 0 spiro atoms. The van der Waals surface area contributed by atoms with Crippen molar-refractivity contribution in [2.24, 2.45) is 0 Å². The number of nitriles is 1. The Morgan fingerprint density at radius 3 is 2.62 bits per heavy atom. The number of nitrogens with zero attached hydrogens (tertiary/aromatic N) is 1. The number of aryl methyl sites for hydroxylation is 1. The van der Waals surface area contributed by atoms with Crippen LogP contribution in [0.5, 0.6) is 0 Å². The van der Waals surface area contributed by atoms with E-state index in [4.69, 9.17) is 5.26 Å². The first-order chi connectivity index (χ1) is 10.2. The minimum atomic E-state index is -0.387. The van der Waals surface area contributed by atoms with Gasteiger partial charge in [0.2, 0.25) is 0 Å². The number of urea groups is 1. The first-order valence-corrected chi connectivity index (χ1v) is 6.49. The largest absolute Gasteiger partial charge is 0.323 e. The van der Waals surface area contributed by atoms with E-state index < -0.39 is 0 Å². The summed E-state index contributed by atoms with van der Waals surface area (Å²) in [6.45, 7) is 2.00. The van der Waals surface area contributed by atoms with Gasteiger partial charge in [0, 0.05) is 6.20 Å². The topological polar surface area (TPSA) is 64.9 Å². The molecular formula is C17H15N3O. The van der Waals surface area contributed by atoms with Gasteiger partial charge in [0.05, 0.1) is 11.3 Å². The quantitative estimate of drug-likeness (QED) is 0.899. The lowest BCUT2D eigenvalue weighted by Gasteiger charge is -2.06. The average Bonchev–Trinajstić information content (AvgIpc) is 2.50. The van der Waals surface area contributed by atoms with Crippen LogP contribution in [-0.4, -0.2) is 6.03 Å². The van der Waals surface area contributed by atoms with E-state index in [9.17, 15) is 4.79 Å². The molecule has 4 nitrogen and oxygen atoms in total. The Bertz CT molecular complexity index is 714. The van der Waals surface area contributed by atoms with Crippen molar-refractivity contribution in [1.82, 2.24) is 5.32 Å². The Morgan fingerprint density at radius 2 is 1.86 bits per heavy atom. The molecule has 0 saturated carbocycles. The van der Waals surface area contributed by atoms with E-state index in [1.54, 1.807) is 30.5 Å². The Morgan fingerprint density at radius 1 is 1.14 bits per heavy atom. The van der Waals surface area contributed by atoms with Gasteiger partial charge in [-0.25, -0.2) is 4.79 Å². The molecule has 2 N–H and O–H groups in total. The van der Waals surface area contributed by atoms with Crippen LogP contribution in [0.15, 0.2) is 54.7 Å². The highest BCUT2D eigenvalue weighted by molar-refractivity contribution is 5.91. The molecule has 0 unspecified atom stereocenters. The van der Waals surface area contributed by atoms with Gasteiger partial charge in [0.15, 0.2) is 0 Å². The second-order valence-electron chi connectivity index (χ2n) is 4.45. The highest BCUT2D eigenvalue weighted by Crippen LogP contribution is 2.13. The summed E-state index contributed by atoms with van der Waals surface area (Å²) < 4.78 is 0. The molecule has 0 saturated heterocycles. The first-order valence-electron chi connectivity index (χ1n) is 6.49. The zero-order valence-electron chi connectivity index (χ0n) is 11.6. The third-order valence-corrected chi connectivity index (χ3v) is 2.96. The Balaban J connectivity index is 1.97. The maximum absolute atomic E-state index is 11.8. The minimum Gasteiger partial charge on any atom is -0.314 e. The molecule has 0 aliphatic rings. The standard InChI is InChI=1S/C17H15N3O/c1-13-6-2-3-7-14(13)10-11-19-17(21)20-16-9-5-4-8-15(16)12-18/h2-11H,1H3,(H2,19,20,21)/b11-10+. The summed E-state index contributed by atoms with van der Waals surface area (Å²) in [6.07, 6.45) is 3.40. The van der Waals surface area contributed by atoms with Gasteiger partial charge in [-0.05, 0) is 36.3 Å². The highest BCUT2D eigenvalue weighted by atomic mass is 16.2. The van der Waals surface area contributed by atoms with Crippen LogP contribution in [0.25, 0.3) is 6.08 Å². The number of benzene rings is 2. The number of hydrogen-bond donors (Lipinski definition) is 2. The summed E-state index contributed by atoms with van der Waals surface area (Å²) >= 11 is 0. The van der Waals surface area contributed by atoms with Crippen LogP contribution in [0.2, 0.25) is 0 Å². The molecule has 0 radical (unpaired) electrons. The Labute approximate surface area is 123 Å². The van der Waals surface area contributed by atoms with Crippen LogP contribution in [0.3, 0.4) is 0 Å². The summed E-state index contributed by atoms with van der Waals surface area (Å²) in [5.41, 5.74) is 3.08. The van der Waals surface area contributed by atoms with Gasteiger partial charge in [-0.1, -0.05) is 36.4 Å². The molecule has 0 aliphatic carbocycles. The molecule has 2 aromatic rings. The number of amides is 2. The molecule has 0 heterocycles. The van der Waals surface area contributed by atoms with E-state index in [0.29, 0.717) is 11.3 Å². The van der Waals surface area contributed by atoms with Gasteiger partial charge in [-0.2, -0.15) is 5.26 Å². The highest BCUT2D eigenvalue weighted by Gasteiger charge is 2.03. The number of hydrogen-bond acceptors (Lipinski definition) is 2. The molecule has 2 rings (SSSR count). The lowest BCUT2D eigenvalue weighted by Crippen LogP contribution is -2.24. The summed E-state index contributed by atoms with van der Waals surface area (Å²) in [5.74, 6) is 0. The molecule has 0 aliphatic heterocycles. The number of carbonyl (C=O) groups excluding carboxylic acids is 1. The van der Waals surface area contributed by atoms with Crippen LogP contribution in [0.1, 0.15) is 16.7 Å². The fraction of sp³-hybridized carbons (Fsp3) is 0.0588. The van der Waals surface area contributed by atoms with Gasteiger partial charge < -0.3 is 10.6 Å². The number of rotatable bonds is 3. The zero-order valence-corrected chi connectivity index (χ0v) is 11.6. The van der Waals surface area contributed by atoms with E-state index in [0.717, 1.165) is 11.1 Å². The maximum atomic E-state index is 11.8. The van der Waals surface area contributed by atoms with E-state index >= 15 is 0 Å². The fourth-order valence-corrected chi connectivity index (χ4v) is 1.83. The number of anilines is 1. The molecule has 0 bridgehead atoms. The summed E-state index contributed by atoms with van der Waals surface area (Å²) in [5, 5.41) is 14.2. The second kappa shape index (κ2) is 6.92. The van der Waals surface area contributed by atoms with Crippen molar-refractivity contribution in [3.8, 4) is 6.07 Å². The number of carbonyl (C=O) groups is 1. The van der Waals surface area contributed by atoms with Crippen molar-refractivity contribution in [2.75, 3.05) is 5.32 Å². The van der Waals surface area contributed by atoms with Crippen molar-refractivity contribution in [2.45, 2.75) is 6.92 Å². The summed E-state index contributed by atoms with van der Waals surface area (Å²) in [7, 11) is 0. The van der Waals surface area contributed by atoms with Crippen LogP contribution in [-0.2, 0) is 0 Å². The van der Waals surface area contributed by atoms with Gasteiger partial charge in [0.25, 0.3) is 0 Å². The molecule has 0 atom stereocenters. The van der Waals surface area contributed by atoms with E-state index in [1.165, 1.54) is 0 Å². The molecule has 2 amide bonds. The summed E-state index contributed by atoms with van der Waals surface area (Å²) in [4.78, 5) is 11.8. The zero-order chi connectivity index (χ0) is 15.1. The van der Waals surface area contributed by atoms with Crippen LogP contribution in [0.4, 0.5) is 10.5 Å². The van der Waals surface area contributed by atoms with Crippen LogP contribution >= 0.6 is 0 Å².